The average molecular weight is 373 g/mol. The molecule has 4 N–H and O–H groups in total. The zero-order valence-electron chi connectivity index (χ0n) is 16.0. The van der Waals surface area contributed by atoms with Crippen LogP contribution in [0.5, 0.6) is 5.75 Å². The Balaban J connectivity index is 0.000000713. The van der Waals surface area contributed by atoms with Gasteiger partial charge >= 0.3 is 0 Å². The number of hydrogen-bond donors (Lipinski definition) is 3. The summed E-state index contributed by atoms with van der Waals surface area (Å²) in [4.78, 5) is 33.3. The minimum absolute atomic E-state index is 0.224. The van der Waals surface area contributed by atoms with Crippen molar-refractivity contribution >= 4 is 17.7 Å². The van der Waals surface area contributed by atoms with Crippen molar-refractivity contribution in [1.82, 2.24) is 10.6 Å². The molecule has 0 heterocycles. The molecule has 0 spiro atoms. The number of benzene rings is 1. The summed E-state index contributed by atoms with van der Waals surface area (Å²) >= 11 is 0. The molecule has 7 nitrogen and oxygen atoms in total. The van der Waals surface area contributed by atoms with E-state index in [0.717, 1.165) is 0 Å². The molecular weight excluding hydrogens is 346 g/mol. The van der Waals surface area contributed by atoms with E-state index in [0.29, 0.717) is 11.3 Å². The van der Waals surface area contributed by atoms with Crippen LogP contribution in [0.3, 0.4) is 0 Å². The Morgan fingerprint density at radius 3 is 2.26 bits per heavy atom. The molecule has 1 aromatic carbocycles. The van der Waals surface area contributed by atoms with Crippen LogP contribution < -0.4 is 21.1 Å². The van der Waals surface area contributed by atoms with Crippen LogP contribution in [0.4, 0.5) is 0 Å². The minimum Gasteiger partial charge on any atom is -0.497 e. The zero-order valence-corrected chi connectivity index (χ0v) is 16.0. The Labute approximate surface area is 160 Å². The number of hydrogen-bond acceptors (Lipinski definition) is 4. The normalized spacial score (nSPS) is 10.4. The van der Waals surface area contributed by atoms with Gasteiger partial charge in [0.15, 0.2) is 0 Å². The maximum atomic E-state index is 11.7. The topological polar surface area (TPSA) is 111 Å². The van der Waals surface area contributed by atoms with Crippen LogP contribution in [0.25, 0.3) is 0 Å². The maximum Gasteiger partial charge on any atom is 0.251 e. The number of rotatable bonds is 8. The van der Waals surface area contributed by atoms with E-state index in [-0.39, 0.29) is 13.1 Å². The number of nitrogens with one attached hydrogen (secondary N) is 2. The SMILES string of the molecule is C=C/C=C\C(C)=C/C.COc1ccc(C(=O)NCC(=O)NCC(N)=O)cc1. The van der Waals surface area contributed by atoms with E-state index in [9.17, 15) is 14.4 Å². The lowest BCUT2D eigenvalue weighted by Gasteiger charge is -2.06. The van der Waals surface area contributed by atoms with Gasteiger partial charge in [0, 0.05) is 5.56 Å². The van der Waals surface area contributed by atoms with Crippen LogP contribution in [0.1, 0.15) is 24.2 Å². The monoisotopic (exact) mass is 373 g/mol. The van der Waals surface area contributed by atoms with Gasteiger partial charge in [-0.3, -0.25) is 14.4 Å². The molecule has 0 atom stereocenters. The van der Waals surface area contributed by atoms with E-state index >= 15 is 0 Å². The fourth-order valence-electron chi connectivity index (χ4n) is 1.57. The predicted octanol–water partition coefficient (Wildman–Crippen LogP) is 1.72. The van der Waals surface area contributed by atoms with Gasteiger partial charge in [-0.15, -0.1) is 0 Å². The van der Waals surface area contributed by atoms with Gasteiger partial charge in [-0.2, -0.15) is 0 Å². The number of carbonyl (C=O) groups excluding carboxylic acids is 3. The largest absolute Gasteiger partial charge is 0.497 e. The van der Waals surface area contributed by atoms with Crippen LogP contribution in [-0.2, 0) is 9.59 Å². The fraction of sp³-hybridized carbons (Fsp3) is 0.250. The number of ether oxygens (including phenoxy) is 1. The summed E-state index contributed by atoms with van der Waals surface area (Å²) in [6.45, 7) is 7.15. The molecule has 0 unspecified atom stereocenters. The molecular formula is C20H27N3O4. The lowest BCUT2D eigenvalue weighted by molar-refractivity contribution is -0.124. The van der Waals surface area contributed by atoms with Crippen molar-refractivity contribution in [2.45, 2.75) is 13.8 Å². The highest BCUT2D eigenvalue weighted by atomic mass is 16.5. The Kier molecular flexibility index (Phi) is 12.2. The second-order valence-corrected chi connectivity index (χ2v) is 5.28. The summed E-state index contributed by atoms with van der Waals surface area (Å²) in [7, 11) is 1.53. The molecule has 1 rings (SSSR count). The molecule has 1 aromatic rings. The van der Waals surface area contributed by atoms with Crippen molar-refractivity contribution in [2.24, 2.45) is 5.73 Å². The molecule has 0 aliphatic heterocycles. The summed E-state index contributed by atoms with van der Waals surface area (Å²) < 4.78 is 4.96. The number of methoxy groups -OCH3 is 1. The summed E-state index contributed by atoms with van der Waals surface area (Å²) in [6.07, 6.45) is 7.77. The van der Waals surface area contributed by atoms with Crippen molar-refractivity contribution < 1.29 is 19.1 Å². The Hall–Kier alpha value is -3.35. The van der Waals surface area contributed by atoms with Crippen LogP contribution in [0.2, 0.25) is 0 Å². The first kappa shape index (κ1) is 23.6. The van der Waals surface area contributed by atoms with Gasteiger partial charge in [0.05, 0.1) is 20.2 Å². The summed E-state index contributed by atoms with van der Waals surface area (Å²) in [5, 5.41) is 4.67. The molecule has 0 radical (unpaired) electrons. The number of nitrogens with two attached hydrogens (primary N) is 1. The molecule has 146 valence electrons. The Bertz CT molecular complexity index is 692. The van der Waals surface area contributed by atoms with Crippen molar-refractivity contribution in [1.29, 1.82) is 0 Å². The maximum absolute atomic E-state index is 11.7. The smallest absolute Gasteiger partial charge is 0.251 e. The lowest BCUT2D eigenvalue weighted by atomic mass is 10.2. The minimum atomic E-state index is -0.644. The number of amides is 3. The molecule has 3 amide bonds. The molecule has 7 heteroatoms. The van der Waals surface area contributed by atoms with E-state index in [4.69, 9.17) is 10.5 Å². The van der Waals surface area contributed by atoms with Gasteiger partial charge in [0.1, 0.15) is 5.75 Å². The van der Waals surface area contributed by atoms with Gasteiger partial charge in [-0.1, -0.05) is 36.5 Å². The summed E-state index contributed by atoms with van der Waals surface area (Å²) in [5.41, 5.74) is 6.54. The van der Waals surface area contributed by atoms with Crippen molar-refractivity contribution in [3.8, 4) is 5.75 Å². The fourth-order valence-corrected chi connectivity index (χ4v) is 1.57. The number of primary amides is 1. The number of allylic oxidation sites excluding steroid dienone is 5. The van der Waals surface area contributed by atoms with E-state index in [1.165, 1.54) is 12.7 Å². The standard InChI is InChI=1S/C12H15N3O4.C8H12/c1-19-9-4-2-8(3-5-9)12(18)15-7-11(17)14-6-10(13)16;1-4-6-7-8(3)5-2/h2-5H,6-7H2,1H3,(H2,13,16)(H,14,17)(H,15,18);4-7H,1H2,2-3H3/b;7-6-,8-5-. The van der Waals surface area contributed by atoms with Crippen LogP contribution >= 0.6 is 0 Å². The third-order valence-corrected chi connectivity index (χ3v) is 3.17. The molecule has 0 aromatic heterocycles. The first-order chi connectivity index (χ1) is 12.8. The first-order valence-corrected chi connectivity index (χ1v) is 8.23. The van der Waals surface area contributed by atoms with Gasteiger partial charge in [0.25, 0.3) is 5.91 Å². The van der Waals surface area contributed by atoms with Crippen LogP contribution in [-0.4, -0.2) is 37.9 Å². The van der Waals surface area contributed by atoms with Gasteiger partial charge in [-0.05, 0) is 38.1 Å². The van der Waals surface area contributed by atoms with Crippen molar-refractivity contribution in [2.75, 3.05) is 20.2 Å². The molecule has 0 aliphatic carbocycles. The zero-order chi connectivity index (χ0) is 20.7. The molecule has 0 aliphatic rings. The van der Waals surface area contributed by atoms with Gasteiger partial charge < -0.3 is 21.1 Å². The molecule has 0 saturated heterocycles. The van der Waals surface area contributed by atoms with E-state index < -0.39 is 17.7 Å². The Morgan fingerprint density at radius 1 is 1.15 bits per heavy atom. The summed E-state index contributed by atoms with van der Waals surface area (Å²) in [5.74, 6) is -0.886. The van der Waals surface area contributed by atoms with Gasteiger partial charge in [-0.25, -0.2) is 0 Å². The third-order valence-electron chi connectivity index (χ3n) is 3.17. The second kappa shape index (κ2) is 13.9. The van der Waals surface area contributed by atoms with E-state index in [1.54, 1.807) is 30.3 Å². The molecule has 0 fully saturated rings. The molecule has 27 heavy (non-hydrogen) atoms. The van der Waals surface area contributed by atoms with Crippen LogP contribution in [0, 0.1) is 0 Å². The lowest BCUT2D eigenvalue weighted by Crippen LogP contribution is -2.40. The molecule has 0 bridgehead atoms. The predicted molar refractivity (Wildman–Crippen MR) is 106 cm³/mol. The Morgan fingerprint density at radius 2 is 1.78 bits per heavy atom. The quantitative estimate of drug-likeness (QED) is 0.603. The third kappa shape index (κ3) is 11.8. The van der Waals surface area contributed by atoms with E-state index in [2.05, 4.69) is 30.2 Å². The number of carbonyl (C=O) groups is 3. The first-order valence-electron chi connectivity index (χ1n) is 8.23. The summed E-state index contributed by atoms with van der Waals surface area (Å²) in [6, 6.07) is 6.44. The second-order valence-electron chi connectivity index (χ2n) is 5.28. The van der Waals surface area contributed by atoms with Crippen molar-refractivity contribution in [3.05, 3.63) is 66.3 Å². The highest BCUT2D eigenvalue weighted by Crippen LogP contribution is 2.10. The van der Waals surface area contributed by atoms with E-state index in [1.807, 2.05) is 19.1 Å². The van der Waals surface area contributed by atoms with Crippen LogP contribution in [0.15, 0.2) is 60.7 Å². The van der Waals surface area contributed by atoms with Crippen molar-refractivity contribution in [3.63, 3.8) is 0 Å². The molecule has 0 saturated carbocycles. The van der Waals surface area contributed by atoms with Gasteiger partial charge in [0.2, 0.25) is 11.8 Å². The average Bonchev–Trinajstić information content (AvgIpc) is 2.69. The highest BCUT2D eigenvalue weighted by Gasteiger charge is 2.08. The highest BCUT2D eigenvalue weighted by molar-refractivity contribution is 5.96.